The van der Waals surface area contributed by atoms with Crippen LogP contribution in [0, 0.1) is 0 Å². The van der Waals surface area contributed by atoms with Crippen molar-refractivity contribution in [1.82, 2.24) is 24.8 Å². The molecule has 0 N–H and O–H groups in total. The van der Waals surface area contributed by atoms with E-state index < -0.39 is 0 Å². The van der Waals surface area contributed by atoms with Crippen LogP contribution >= 0.6 is 0 Å². The van der Waals surface area contributed by atoms with Gasteiger partial charge in [-0.15, -0.1) is 0 Å². The quantitative estimate of drug-likeness (QED) is 0.730. The van der Waals surface area contributed by atoms with Gasteiger partial charge in [0.2, 0.25) is 5.89 Å². The van der Waals surface area contributed by atoms with Crippen molar-refractivity contribution in [2.75, 3.05) is 13.1 Å². The number of nitrogens with zero attached hydrogens (tertiary/aromatic N) is 5. The largest absolute Gasteiger partial charge is 0.339 e. The predicted octanol–water partition coefficient (Wildman–Crippen LogP) is 2.83. The van der Waals surface area contributed by atoms with Crippen molar-refractivity contribution in [3.63, 3.8) is 0 Å². The molecule has 0 unspecified atom stereocenters. The maximum Gasteiger partial charge on any atom is 0.253 e. The van der Waals surface area contributed by atoms with E-state index in [0.29, 0.717) is 18.3 Å². The van der Waals surface area contributed by atoms with Crippen LogP contribution in [0.1, 0.15) is 54.7 Å². The number of fused-ring (bicyclic) bond motifs is 1. The standard InChI is InChI=1S/C18H21N5O2/c1-12(2)17-19-16(21-25-17)11-23-10-14-9-13(5-6-15(14)20-23)18(24)22-7-3-4-8-22/h5-6,9-10,12H,3-4,7-8,11H2,1-2H3. The number of aromatic nitrogens is 4. The molecule has 0 saturated carbocycles. The van der Waals surface area contributed by atoms with E-state index in [1.807, 2.05) is 43.1 Å². The van der Waals surface area contributed by atoms with Gasteiger partial charge in [-0.05, 0) is 31.0 Å². The summed E-state index contributed by atoms with van der Waals surface area (Å²) in [6.07, 6.45) is 4.10. The van der Waals surface area contributed by atoms with E-state index in [2.05, 4.69) is 15.2 Å². The maximum atomic E-state index is 12.5. The molecule has 130 valence electrons. The highest BCUT2D eigenvalue weighted by Gasteiger charge is 2.20. The van der Waals surface area contributed by atoms with Gasteiger partial charge in [0.15, 0.2) is 5.82 Å². The molecule has 0 atom stereocenters. The van der Waals surface area contributed by atoms with Crippen molar-refractivity contribution in [1.29, 1.82) is 0 Å². The molecule has 1 aromatic carbocycles. The number of amides is 1. The third-order valence-electron chi connectivity index (χ3n) is 4.47. The lowest BCUT2D eigenvalue weighted by atomic mass is 10.1. The van der Waals surface area contributed by atoms with Crippen LogP contribution in [0.3, 0.4) is 0 Å². The van der Waals surface area contributed by atoms with Crippen molar-refractivity contribution in [2.45, 2.75) is 39.2 Å². The molecule has 1 fully saturated rings. The summed E-state index contributed by atoms with van der Waals surface area (Å²) in [6, 6.07) is 5.66. The van der Waals surface area contributed by atoms with Crippen LogP contribution in [0.5, 0.6) is 0 Å². The van der Waals surface area contributed by atoms with Crippen molar-refractivity contribution >= 4 is 16.8 Å². The predicted molar refractivity (Wildman–Crippen MR) is 92.4 cm³/mol. The first-order valence-corrected chi connectivity index (χ1v) is 8.69. The van der Waals surface area contributed by atoms with Crippen LogP contribution in [-0.2, 0) is 6.54 Å². The van der Waals surface area contributed by atoms with Crippen molar-refractivity contribution in [3.05, 3.63) is 41.7 Å². The van der Waals surface area contributed by atoms with E-state index in [1.165, 1.54) is 0 Å². The van der Waals surface area contributed by atoms with Gasteiger partial charge < -0.3 is 9.42 Å². The molecule has 0 radical (unpaired) electrons. The van der Waals surface area contributed by atoms with E-state index in [4.69, 9.17) is 4.52 Å². The maximum absolute atomic E-state index is 12.5. The van der Waals surface area contributed by atoms with Gasteiger partial charge in [-0.25, -0.2) is 0 Å². The second-order valence-electron chi connectivity index (χ2n) is 6.80. The number of hydrogen-bond donors (Lipinski definition) is 0. The molecule has 1 amide bonds. The minimum Gasteiger partial charge on any atom is -0.339 e. The molecule has 7 nitrogen and oxygen atoms in total. The monoisotopic (exact) mass is 339 g/mol. The smallest absolute Gasteiger partial charge is 0.253 e. The third-order valence-corrected chi connectivity index (χ3v) is 4.47. The molecule has 7 heteroatoms. The number of benzene rings is 1. The molecule has 2 aromatic heterocycles. The Morgan fingerprint density at radius 1 is 1.28 bits per heavy atom. The summed E-state index contributed by atoms with van der Waals surface area (Å²) in [5.41, 5.74) is 1.57. The van der Waals surface area contributed by atoms with Gasteiger partial charge in [-0.1, -0.05) is 19.0 Å². The summed E-state index contributed by atoms with van der Waals surface area (Å²) >= 11 is 0. The molecular weight excluding hydrogens is 318 g/mol. The number of hydrogen-bond acceptors (Lipinski definition) is 5. The summed E-state index contributed by atoms with van der Waals surface area (Å²) in [4.78, 5) is 18.8. The zero-order valence-electron chi connectivity index (χ0n) is 14.5. The van der Waals surface area contributed by atoms with Crippen molar-refractivity contribution < 1.29 is 9.32 Å². The Labute approximate surface area is 145 Å². The lowest BCUT2D eigenvalue weighted by molar-refractivity contribution is 0.0793. The average molecular weight is 339 g/mol. The summed E-state index contributed by atoms with van der Waals surface area (Å²) in [6.45, 7) is 6.18. The summed E-state index contributed by atoms with van der Waals surface area (Å²) in [5.74, 6) is 1.54. The molecular formula is C18H21N5O2. The first-order chi connectivity index (χ1) is 12.1. The zero-order chi connectivity index (χ0) is 17.4. The van der Waals surface area contributed by atoms with Crippen LogP contribution in [0.15, 0.2) is 28.9 Å². The van der Waals surface area contributed by atoms with Gasteiger partial charge in [-0.3, -0.25) is 9.48 Å². The van der Waals surface area contributed by atoms with Crippen LogP contribution < -0.4 is 0 Å². The van der Waals surface area contributed by atoms with Gasteiger partial charge in [-0.2, -0.15) is 10.1 Å². The first-order valence-electron chi connectivity index (χ1n) is 8.69. The Kier molecular flexibility index (Phi) is 3.99. The van der Waals surface area contributed by atoms with E-state index in [-0.39, 0.29) is 11.8 Å². The van der Waals surface area contributed by atoms with Crippen LogP contribution in [0.4, 0.5) is 0 Å². The minimum atomic E-state index is 0.104. The Morgan fingerprint density at radius 2 is 2.08 bits per heavy atom. The Balaban J connectivity index is 1.56. The average Bonchev–Trinajstić information content (AvgIpc) is 3.33. The van der Waals surface area contributed by atoms with Crippen LogP contribution in [0.25, 0.3) is 10.9 Å². The number of carbonyl (C=O) groups excluding carboxylic acids is 1. The lowest BCUT2D eigenvalue weighted by Gasteiger charge is -2.14. The molecule has 0 spiro atoms. The van der Waals surface area contributed by atoms with Gasteiger partial charge in [0, 0.05) is 36.2 Å². The first kappa shape index (κ1) is 15.8. The molecule has 4 rings (SSSR count). The zero-order valence-corrected chi connectivity index (χ0v) is 14.5. The third kappa shape index (κ3) is 3.14. The van der Waals surface area contributed by atoms with Crippen LogP contribution in [-0.4, -0.2) is 43.8 Å². The Bertz CT molecular complexity index is 905. The Hall–Kier alpha value is -2.70. The molecule has 3 heterocycles. The molecule has 1 aliphatic heterocycles. The number of rotatable bonds is 4. The molecule has 25 heavy (non-hydrogen) atoms. The fraction of sp³-hybridized carbons (Fsp3) is 0.444. The molecule has 0 aliphatic carbocycles. The van der Waals surface area contributed by atoms with Gasteiger partial charge in [0.25, 0.3) is 5.91 Å². The summed E-state index contributed by atoms with van der Waals surface area (Å²) in [7, 11) is 0. The van der Waals surface area contributed by atoms with Crippen molar-refractivity contribution in [3.8, 4) is 0 Å². The van der Waals surface area contributed by atoms with E-state index in [0.717, 1.165) is 42.4 Å². The summed E-state index contributed by atoms with van der Waals surface area (Å²) in [5, 5.41) is 9.47. The molecule has 3 aromatic rings. The Morgan fingerprint density at radius 3 is 2.80 bits per heavy atom. The van der Waals surface area contributed by atoms with Gasteiger partial charge in [0.1, 0.15) is 6.54 Å². The topological polar surface area (TPSA) is 77.1 Å². The molecule has 1 aliphatic rings. The SMILES string of the molecule is CC(C)c1nc(Cn2cc3cc(C(=O)N4CCCC4)ccc3n2)no1. The van der Waals surface area contributed by atoms with E-state index >= 15 is 0 Å². The van der Waals surface area contributed by atoms with Crippen molar-refractivity contribution in [2.24, 2.45) is 0 Å². The highest BCUT2D eigenvalue weighted by atomic mass is 16.5. The van der Waals surface area contributed by atoms with Gasteiger partial charge >= 0.3 is 0 Å². The van der Waals surface area contributed by atoms with E-state index in [9.17, 15) is 4.79 Å². The fourth-order valence-electron chi connectivity index (χ4n) is 3.10. The normalized spacial score (nSPS) is 14.8. The second kappa shape index (κ2) is 6.31. The van der Waals surface area contributed by atoms with Crippen LogP contribution in [0.2, 0.25) is 0 Å². The summed E-state index contributed by atoms with van der Waals surface area (Å²) < 4.78 is 7.01. The fourth-order valence-corrected chi connectivity index (χ4v) is 3.10. The molecule has 0 bridgehead atoms. The number of likely N-dealkylation sites (tertiary alicyclic amines) is 1. The molecule has 1 saturated heterocycles. The van der Waals surface area contributed by atoms with Gasteiger partial charge in [0.05, 0.1) is 5.52 Å². The minimum absolute atomic E-state index is 0.104. The second-order valence-corrected chi connectivity index (χ2v) is 6.80. The van der Waals surface area contributed by atoms with E-state index in [1.54, 1.807) is 4.68 Å². The lowest BCUT2D eigenvalue weighted by Crippen LogP contribution is -2.27. The highest BCUT2D eigenvalue weighted by Crippen LogP contribution is 2.19. The highest BCUT2D eigenvalue weighted by molar-refractivity contribution is 5.98. The number of carbonyl (C=O) groups is 1.